The second-order valence-electron chi connectivity index (χ2n) is 4.06. The highest BCUT2D eigenvalue weighted by Gasteiger charge is 2.18. The summed E-state index contributed by atoms with van der Waals surface area (Å²) >= 11 is 0. The normalized spacial score (nSPS) is 14.6. The molecule has 0 saturated carbocycles. The summed E-state index contributed by atoms with van der Waals surface area (Å²) < 4.78 is 13.7. The Labute approximate surface area is 105 Å². The minimum atomic E-state index is -0.458. The molecule has 4 nitrogen and oxygen atoms in total. The summed E-state index contributed by atoms with van der Waals surface area (Å²) in [6.45, 7) is 2.90. The summed E-state index contributed by atoms with van der Waals surface area (Å²) in [4.78, 5) is 20.7. The highest BCUT2D eigenvalue weighted by Crippen LogP contribution is 2.09. The van der Waals surface area contributed by atoms with Gasteiger partial charge in [0.25, 0.3) is 0 Å². The van der Waals surface area contributed by atoms with Crippen molar-refractivity contribution in [2.75, 3.05) is 13.1 Å². The van der Waals surface area contributed by atoms with Gasteiger partial charge in [0.05, 0.1) is 12.2 Å². The lowest BCUT2D eigenvalue weighted by molar-refractivity contribution is -0.127. The smallest absolute Gasteiger partial charge is 0.223 e. The molecule has 1 aromatic heterocycles. The second kappa shape index (κ2) is 5.58. The maximum Gasteiger partial charge on any atom is 0.223 e. The average Bonchev–Trinajstić information content (AvgIpc) is 2.77. The van der Waals surface area contributed by atoms with Gasteiger partial charge in [0.15, 0.2) is 11.5 Å². The monoisotopic (exact) mass is 247 g/mol. The minimum Gasteiger partial charge on any atom is -0.332 e. The minimum absolute atomic E-state index is 0.105. The Hall–Kier alpha value is -1.96. The summed E-state index contributed by atoms with van der Waals surface area (Å²) in [5.74, 6) is 5.11. The van der Waals surface area contributed by atoms with Gasteiger partial charge >= 0.3 is 0 Å². The maximum atomic E-state index is 13.7. The molecule has 0 spiro atoms. The molecular formula is C13H14FN3O. The van der Waals surface area contributed by atoms with Crippen LogP contribution in [0.1, 0.15) is 31.2 Å². The Bertz CT molecular complexity index is 519. The van der Waals surface area contributed by atoms with E-state index in [0.29, 0.717) is 25.1 Å². The topological polar surface area (TPSA) is 46.1 Å². The van der Waals surface area contributed by atoms with E-state index in [9.17, 15) is 9.18 Å². The van der Waals surface area contributed by atoms with Crippen LogP contribution in [0.15, 0.2) is 6.33 Å². The van der Waals surface area contributed by atoms with Gasteiger partial charge in [-0.05, 0) is 18.8 Å². The lowest BCUT2D eigenvalue weighted by Crippen LogP contribution is -2.24. The van der Waals surface area contributed by atoms with E-state index < -0.39 is 5.82 Å². The lowest BCUT2D eigenvalue weighted by atomic mass is 10.2. The molecule has 0 aliphatic carbocycles. The fraction of sp³-hybridized carbons (Fsp3) is 0.462. The first kappa shape index (κ1) is 12.5. The van der Waals surface area contributed by atoms with Gasteiger partial charge in [-0.3, -0.25) is 4.79 Å². The molecule has 0 aromatic carbocycles. The standard InChI is InChI=1S/C13H14FN3O/c1-2-10-13(14)11(16-9-15-10)5-3-7-17-8-4-6-12(17)18/h9H,2,4,6-8H2,1H3. The second-order valence-corrected chi connectivity index (χ2v) is 4.06. The largest absolute Gasteiger partial charge is 0.332 e. The van der Waals surface area contributed by atoms with Gasteiger partial charge in [-0.1, -0.05) is 12.8 Å². The van der Waals surface area contributed by atoms with E-state index in [1.165, 1.54) is 6.33 Å². The number of aryl methyl sites for hydroxylation is 1. The molecule has 0 atom stereocenters. The van der Waals surface area contributed by atoms with E-state index in [4.69, 9.17) is 0 Å². The molecule has 1 aliphatic heterocycles. The van der Waals surface area contributed by atoms with E-state index in [0.717, 1.165) is 13.0 Å². The van der Waals surface area contributed by atoms with Gasteiger partial charge in [0.2, 0.25) is 5.91 Å². The summed E-state index contributed by atoms with van der Waals surface area (Å²) in [6.07, 6.45) is 3.28. The van der Waals surface area contributed by atoms with Crippen molar-refractivity contribution in [3.8, 4) is 11.8 Å². The van der Waals surface area contributed by atoms with Gasteiger partial charge in [0, 0.05) is 13.0 Å². The zero-order chi connectivity index (χ0) is 13.0. The summed E-state index contributed by atoms with van der Waals surface area (Å²) in [6, 6.07) is 0. The van der Waals surface area contributed by atoms with Crippen LogP contribution in [0.3, 0.4) is 0 Å². The van der Waals surface area contributed by atoms with Crippen LogP contribution in [0.5, 0.6) is 0 Å². The van der Waals surface area contributed by atoms with E-state index in [2.05, 4.69) is 21.8 Å². The molecule has 0 N–H and O–H groups in total. The first-order chi connectivity index (χ1) is 8.72. The quantitative estimate of drug-likeness (QED) is 0.736. The number of carbonyl (C=O) groups excluding carboxylic acids is 1. The Kier molecular flexibility index (Phi) is 3.88. The van der Waals surface area contributed by atoms with Crippen molar-refractivity contribution >= 4 is 5.91 Å². The molecule has 1 aliphatic rings. The van der Waals surface area contributed by atoms with E-state index >= 15 is 0 Å². The molecule has 0 radical (unpaired) electrons. The summed E-state index contributed by atoms with van der Waals surface area (Å²) in [7, 11) is 0. The van der Waals surface area contributed by atoms with Gasteiger partial charge < -0.3 is 4.90 Å². The fourth-order valence-electron chi connectivity index (χ4n) is 1.83. The number of aromatic nitrogens is 2. The molecular weight excluding hydrogens is 233 g/mol. The highest BCUT2D eigenvalue weighted by molar-refractivity contribution is 5.78. The third-order valence-electron chi connectivity index (χ3n) is 2.84. The molecule has 1 fully saturated rings. The van der Waals surface area contributed by atoms with Crippen molar-refractivity contribution in [1.82, 2.24) is 14.9 Å². The number of likely N-dealkylation sites (tertiary alicyclic amines) is 1. The van der Waals surface area contributed by atoms with Crippen LogP contribution < -0.4 is 0 Å². The van der Waals surface area contributed by atoms with Crippen molar-refractivity contribution in [1.29, 1.82) is 0 Å². The first-order valence-electron chi connectivity index (χ1n) is 5.98. The van der Waals surface area contributed by atoms with Crippen LogP contribution in [0.2, 0.25) is 0 Å². The molecule has 1 saturated heterocycles. The van der Waals surface area contributed by atoms with Crippen molar-refractivity contribution in [2.24, 2.45) is 0 Å². The number of carbonyl (C=O) groups is 1. The number of amides is 1. The summed E-state index contributed by atoms with van der Waals surface area (Å²) in [5, 5.41) is 0. The van der Waals surface area contributed by atoms with Crippen LogP contribution in [0, 0.1) is 17.7 Å². The fourth-order valence-corrected chi connectivity index (χ4v) is 1.83. The van der Waals surface area contributed by atoms with Gasteiger partial charge in [-0.15, -0.1) is 0 Å². The van der Waals surface area contributed by atoms with Crippen molar-refractivity contribution in [3.63, 3.8) is 0 Å². The Balaban J connectivity index is 2.08. The number of hydrogen-bond donors (Lipinski definition) is 0. The number of nitrogens with zero attached hydrogens (tertiary/aromatic N) is 3. The van der Waals surface area contributed by atoms with Crippen LogP contribution in [-0.2, 0) is 11.2 Å². The Morgan fingerprint density at radius 1 is 1.50 bits per heavy atom. The van der Waals surface area contributed by atoms with E-state index in [1.54, 1.807) is 4.90 Å². The molecule has 94 valence electrons. The molecule has 2 heterocycles. The summed E-state index contributed by atoms with van der Waals surface area (Å²) in [5.41, 5.74) is 0.472. The van der Waals surface area contributed by atoms with Crippen LogP contribution in [-0.4, -0.2) is 33.9 Å². The van der Waals surface area contributed by atoms with Crippen LogP contribution in [0.25, 0.3) is 0 Å². The van der Waals surface area contributed by atoms with Crippen LogP contribution in [0.4, 0.5) is 4.39 Å². The van der Waals surface area contributed by atoms with Crippen molar-refractivity contribution in [2.45, 2.75) is 26.2 Å². The van der Waals surface area contributed by atoms with Crippen molar-refractivity contribution < 1.29 is 9.18 Å². The third kappa shape index (κ3) is 2.65. The molecule has 1 amide bonds. The zero-order valence-electron chi connectivity index (χ0n) is 10.2. The molecule has 0 unspecified atom stereocenters. The lowest BCUT2D eigenvalue weighted by Gasteiger charge is -2.09. The van der Waals surface area contributed by atoms with Gasteiger partial charge in [0.1, 0.15) is 6.33 Å². The van der Waals surface area contributed by atoms with Crippen LogP contribution >= 0.6 is 0 Å². The van der Waals surface area contributed by atoms with Crippen molar-refractivity contribution in [3.05, 3.63) is 23.5 Å². The van der Waals surface area contributed by atoms with E-state index in [-0.39, 0.29) is 11.6 Å². The Morgan fingerprint density at radius 3 is 3.00 bits per heavy atom. The predicted molar refractivity (Wildman–Crippen MR) is 64.1 cm³/mol. The molecule has 18 heavy (non-hydrogen) atoms. The number of halogens is 1. The molecule has 1 aromatic rings. The first-order valence-corrected chi connectivity index (χ1v) is 5.98. The third-order valence-corrected chi connectivity index (χ3v) is 2.84. The molecule has 2 rings (SSSR count). The maximum absolute atomic E-state index is 13.7. The number of rotatable bonds is 2. The van der Waals surface area contributed by atoms with E-state index in [1.807, 2.05) is 6.92 Å². The molecule has 5 heteroatoms. The zero-order valence-corrected chi connectivity index (χ0v) is 10.2. The predicted octanol–water partition coefficient (Wildman–Crippen LogP) is 1.15. The highest BCUT2D eigenvalue weighted by atomic mass is 19.1. The van der Waals surface area contributed by atoms with Gasteiger partial charge in [-0.2, -0.15) is 0 Å². The average molecular weight is 247 g/mol. The SMILES string of the molecule is CCc1ncnc(C#CCN2CCCC2=O)c1F. The molecule has 0 bridgehead atoms. The Morgan fingerprint density at radius 2 is 2.33 bits per heavy atom. The number of hydrogen-bond acceptors (Lipinski definition) is 3. The van der Waals surface area contributed by atoms with Gasteiger partial charge in [-0.25, -0.2) is 14.4 Å².